The molecule has 12 heavy (non-hydrogen) atoms. The first-order chi connectivity index (χ1) is 5.74. The highest BCUT2D eigenvalue weighted by molar-refractivity contribution is 7.17. The molecule has 1 nitrogen and oxygen atoms in total. The van der Waals surface area contributed by atoms with Gasteiger partial charge < -0.3 is 4.74 Å². The largest absolute Gasteiger partial charge is 0.482 e. The number of hydrogen-bond acceptors (Lipinski definition) is 1. The van der Waals surface area contributed by atoms with Crippen LogP contribution in [0.4, 0.5) is 0 Å². The van der Waals surface area contributed by atoms with Gasteiger partial charge in [-0.3, -0.25) is 0 Å². The van der Waals surface area contributed by atoms with Gasteiger partial charge in [-0.05, 0) is 24.6 Å². The summed E-state index contributed by atoms with van der Waals surface area (Å²) in [5.74, 6) is 0.906. The topological polar surface area (TPSA) is 9.23 Å². The van der Waals surface area contributed by atoms with Crippen molar-refractivity contribution in [3.63, 3.8) is 0 Å². The molecule has 2 heteroatoms. The Labute approximate surface area is 75.6 Å². The molecule has 0 saturated heterocycles. The van der Waals surface area contributed by atoms with Crippen LogP contribution in [0.1, 0.15) is 5.56 Å². The lowest BCUT2D eigenvalue weighted by molar-refractivity contribution is 0.330. The van der Waals surface area contributed by atoms with Crippen molar-refractivity contribution in [2.24, 2.45) is 0 Å². The van der Waals surface area contributed by atoms with Gasteiger partial charge in [0, 0.05) is 0 Å². The van der Waals surface area contributed by atoms with Crippen LogP contribution in [0.15, 0.2) is 36.9 Å². The van der Waals surface area contributed by atoms with E-state index in [1.807, 2.05) is 31.2 Å². The summed E-state index contributed by atoms with van der Waals surface area (Å²) in [6, 6.07) is 7.93. The van der Waals surface area contributed by atoms with E-state index in [2.05, 4.69) is 15.8 Å². The van der Waals surface area contributed by atoms with Crippen molar-refractivity contribution < 1.29 is 4.74 Å². The molecule has 0 aromatic heterocycles. The average Bonchev–Trinajstić information content (AvgIpc) is 2.09. The van der Waals surface area contributed by atoms with E-state index in [9.17, 15) is 0 Å². The Morgan fingerprint density at radius 3 is 2.75 bits per heavy atom. The molecule has 0 aliphatic carbocycles. The molecule has 0 N–H and O–H groups in total. The molecule has 2 atom stereocenters. The second-order valence-electron chi connectivity index (χ2n) is 2.58. The fraction of sp³-hybridized carbons (Fsp3) is 0.200. The molecule has 0 spiro atoms. The van der Waals surface area contributed by atoms with Crippen LogP contribution in [-0.4, -0.2) is 5.85 Å². The van der Waals surface area contributed by atoms with Gasteiger partial charge in [0.05, 0.1) is 0 Å². The van der Waals surface area contributed by atoms with E-state index in [0.717, 1.165) is 11.3 Å². The third-order valence-corrected chi connectivity index (χ3v) is 2.00. The van der Waals surface area contributed by atoms with Crippen molar-refractivity contribution in [3.8, 4) is 5.75 Å². The van der Waals surface area contributed by atoms with Crippen LogP contribution in [0.5, 0.6) is 5.75 Å². The minimum Gasteiger partial charge on any atom is -0.482 e. The third-order valence-electron chi connectivity index (χ3n) is 1.59. The highest BCUT2D eigenvalue weighted by atomic mass is 31.0. The molecule has 0 saturated carbocycles. The molecule has 0 aliphatic rings. The minimum absolute atomic E-state index is 0.00824. The van der Waals surface area contributed by atoms with Crippen LogP contribution in [0, 0.1) is 6.92 Å². The van der Waals surface area contributed by atoms with E-state index < -0.39 is 0 Å². The normalized spacial score (nSPS) is 12.2. The Morgan fingerprint density at radius 1 is 1.50 bits per heavy atom. The number of ether oxygens (including phenoxy) is 1. The maximum absolute atomic E-state index is 5.54. The first-order valence-electron chi connectivity index (χ1n) is 3.84. The summed E-state index contributed by atoms with van der Waals surface area (Å²) in [5, 5.41) is 0. The molecule has 0 radical (unpaired) electrons. The maximum Gasteiger partial charge on any atom is 0.129 e. The smallest absolute Gasteiger partial charge is 0.129 e. The van der Waals surface area contributed by atoms with Gasteiger partial charge in [0.15, 0.2) is 0 Å². The van der Waals surface area contributed by atoms with E-state index in [1.54, 1.807) is 6.08 Å². The molecule has 0 fully saturated rings. The molecule has 1 rings (SSSR count). The Bertz CT molecular complexity index is 270. The lowest BCUT2D eigenvalue weighted by Gasteiger charge is -2.11. The first-order valence-corrected chi connectivity index (χ1v) is 4.51. The number of rotatable bonds is 3. The van der Waals surface area contributed by atoms with Gasteiger partial charge in [-0.25, -0.2) is 0 Å². The summed E-state index contributed by atoms with van der Waals surface area (Å²) in [7, 11) is 2.57. The van der Waals surface area contributed by atoms with E-state index >= 15 is 0 Å². The summed E-state index contributed by atoms with van der Waals surface area (Å²) in [4.78, 5) is 0. The quantitative estimate of drug-likeness (QED) is 0.513. The van der Waals surface area contributed by atoms with Crippen LogP contribution in [0.25, 0.3) is 0 Å². The van der Waals surface area contributed by atoms with Crippen molar-refractivity contribution in [2.75, 3.05) is 0 Å². The molecule has 1 aromatic rings. The van der Waals surface area contributed by atoms with E-state index in [-0.39, 0.29) is 5.85 Å². The fourth-order valence-corrected chi connectivity index (χ4v) is 1.03. The summed E-state index contributed by atoms with van der Waals surface area (Å²) < 4.78 is 5.54. The summed E-state index contributed by atoms with van der Waals surface area (Å²) in [6.07, 6.45) is 1.75. The molecule has 0 amide bonds. The molecule has 0 heterocycles. The van der Waals surface area contributed by atoms with Crippen LogP contribution in [0.3, 0.4) is 0 Å². The third kappa shape index (κ3) is 2.35. The Morgan fingerprint density at radius 2 is 2.17 bits per heavy atom. The highest BCUT2D eigenvalue weighted by Gasteiger charge is 2.00. The van der Waals surface area contributed by atoms with Gasteiger partial charge in [-0.1, -0.05) is 34.0 Å². The molecule has 64 valence electrons. The van der Waals surface area contributed by atoms with E-state index in [0.29, 0.717) is 0 Å². The lowest BCUT2D eigenvalue weighted by Crippen LogP contribution is -2.04. The zero-order valence-corrected chi connectivity index (χ0v) is 8.31. The van der Waals surface area contributed by atoms with Crippen molar-refractivity contribution in [2.45, 2.75) is 12.8 Å². The minimum atomic E-state index is -0.00824. The number of aryl methyl sites for hydroxylation is 1. The van der Waals surface area contributed by atoms with Crippen LogP contribution in [0.2, 0.25) is 0 Å². The SMILES string of the molecule is C=CC(P)Oc1ccccc1C. The Balaban J connectivity index is 2.75. The Kier molecular flexibility index (Phi) is 3.31. The van der Waals surface area contributed by atoms with Crippen molar-refractivity contribution in [3.05, 3.63) is 42.5 Å². The van der Waals surface area contributed by atoms with E-state index in [4.69, 9.17) is 4.74 Å². The predicted octanol–water partition coefficient (Wildman–Crippen LogP) is 2.76. The van der Waals surface area contributed by atoms with Gasteiger partial charge in [-0.2, -0.15) is 0 Å². The van der Waals surface area contributed by atoms with Gasteiger partial charge in [-0.15, -0.1) is 0 Å². The summed E-state index contributed by atoms with van der Waals surface area (Å²) >= 11 is 0. The second-order valence-corrected chi connectivity index (χ2v) is 3.24. The zero-order chi connectivity index (χ0) is 8.97. The molecule has 1 aromatic carbocycles. The maximum atomic E-state index is 5.54. The predicted molar refractivity (Wildman–Crippen MR) is 55.5 cm³/mol. The molecular formula is C10H13OP. The molecule has 0 bridgehead atoms. The van der Waals surface area contributed by atoms with Crippen molar-refractivity contribution in [1.29, 1.82) is 0 Å². The van der Waals surface area contributed by atoms with Gasteiger partial charge in [0.1, 0.15) is 11.6 Å². The van der Waals surface area contributed by atoms with Gasteiger partial charge in [0.2, 0.25) is 0 Å². The van der Waals surface area contributed by atoms with Crippen LogP contribution in [-0.2, 0) is 0 Å². The summed E-state index contributed by atoms with van der Waals surface area (Å²) in [5.41, 5.74) is 1.15. The standard InChI is InChI=1S/C10H13OP/c1-3-10(12)11-9-7-5-4-6-8(9)2/h3-7,10H,1,12H2,2H3. The highest BCUT2D eigenvalue weighted by Crippen LogP contribution is 2.19. The Hall–Kier alpha value is -0.810. The van der Waals surface area contributed by atoms with Crippen LogP contribution >= 0.6 is 9.24 Å². The van der Waals surface area contributed by atoms with E-state index in [1.165, 1.54) is 0 Å². The molecular weight excluding hydrogens is 167 g/mol. The average molecular weight is 180 g/mol. The van der Waals surface area contributed by atoms with Gasteiger partial charge >= 0.3 is 0 Å². The van der Waals surface area contributed by atoms with Crippen LogP contribution < -0.4 is 4.74 Å². The monoisotopic (exact) mass is 180 g/mol. The lowest BCUT2D eigenvalue weighted by atomic mass is 10.2. The number of para-hydroxylation sites is 1. The fourth-order valence-electron chi connectivity index (χ4n) is 0.883. The van der Waals surface area contributed by atoms with Crippen molar-refractivity contribution >= 4 is 9.24 Å². The molecule has 0 aliphatic heterocycles. The summed E-state index contributed by atoms with van der Waals surface area (Å²) in [6.45, 7) is 5.66. The second kappa shape index (κ2) is 4.27. The number of benzene rings is 1. The van der Waals surface area contributed by atoms with Gasteiger partial charge in [0.25, 0.3) is 0 Å². The first kappa shape index (κ1) is 9.28. The number of hydrogen-bond donors (Lipinski definition) is 0. The zero-order valence-electron chi connectivity index (χ0n) is 7.16. The molecule has 2 unspecified atom stereocenters. The van der Waals surface area contributed by atoms with Crippen molar-refractivity contribution in [1.82, 2.24) is 0 Å².